The van der Waals surface area contributed by atoms with Crippen molar-refractivity contribution < 1.29 is 13.2 Å². The monoisotopic (exact) mass is 217 g/mol. The van der Waals surface area contributed by atoms with E-state index in [4.69, 9.17) is 5.73 Å². The summed E-state index contributed by atoms with van der Waals surface area (Å²) in [5, 5.41) is 2.53. The number of nitrogens with two attached hydrogens (primary N) is 1. The SMILES string of the molecule is NC1=NC(=O)NC12CCCS(=O)(=O)C2. The molecule has 0 radical (unpaired) electrons. The van der Waals surface area contributed by atoms with Gasteiger partial charge < -0.3 is 11.1 Å². The Morgan fingerprint density at radius 1 is 1.50 bits per heavy atom. The van der Waals surface area contributed by atoms with E-state index in [1.807, 2.05) is 0 Å². The third kappa shape index (κ3) is 1.37. The molecule has 14 heavy (non-hydrogen) atoms. The minimum absolute atomic E-state index is 0.103. The minimum Gasteiger partial charge on any atom is -0.385 e. The molecule has 0 saturated carbocycles. The lowest BCUT2D eigenvalue weighted by atomic mass is 9.95. The summed E-state index contributed by atoms with van der Waals surface area (Å²) in [7, 11) is -3.11. The van der Waals surface area contributed by atoms with Crippen LogP contribution in [-0.2, 0) is 9.84 Å². The Morgan fingerprint density at radius 2 is 2.21 bits per heavy atom. The molecule has 1 fully saturated rings. The van der Waals surface area contributed by atoms with Crippen LogP contribution in [0.2, 0.25) is 0 Å². The summed E-state index contributed by atoms with van der Waals surface area (Å²) >= 11 is 0. The molecule has 2 amide bonds. The molecule has 0 aromatic rings. The van der Waals surface area contributed by atoms with Crippen LogP contribution in [0.4, 0.5) is 4.79 Å². The number of carbonyl (C=O) groups is 1. The third-order valence-electron chi connectivity index (χ3n) is 2.58. The number of rotatable bonds is 0. The van der Waals surface area contributed by atoms with Crippen LogP contribution in [0.1, 0.15) is 12.8 Å². The van der Waals surface area contributed by atoms with E-state index in [1.54, 1.807) is 0 Å². The maximum Gasteiger partial charge on any atom is 0.343 e. The van der Waals surface area contributed by atoms with Crippen molar-refractivity contribution in [3.8, 4) is 0 Å². The van der Waals surface area contributed by atoms with E-state index in [-0.39, 0.29) is 17.3 Å². The van der Waals surface area contributed by atoms with Gasteiger partial charge in [-0.25, -0.2) is 13.2 Å². The van der Waals surface area contributed by atoms with Gasteiger partial charge in [-0.2, -0.15) is 4.99 Å². The van der Waals surface area contributed by atoms with Crippen molar-refractivity contribution in [2.24, 2.45) is 10.7 Å². The van der Waals surface area contributed by atoms with Crippen molar-refractivity contribution in [2.45, 2.75) is 18.4 Å². The second-order valence-electron chi connectivity index (χ2n) is 3.70. The van der Waals surface area contributed by atoms with Crippen LogP contribution >= 0.6 is 0 Å². The summed E-state index contributed by atoms with van der Waals surface area (Å²) in [5.41, 5.74) is 4.64. The van der Waals surface area contributed by atoms with Crippen molar-refractivity contribution in [1.29, 1.82) is 0 Å². The second-order valence-corrected chi connectivity index (χ2v) is 5.89. The van der Waals surface area contributed by atoms with Gasteiger partial charge in [0.1, 0.15) is 11.4 Å². The molecular weight excluding hydrogens is 206 g/mol. The number of hydrogen-bond donors (Lipinski definition) is 2. The normalized spacial score (nSPS) is 35.4. The standard InChI is InChI=1S/C7H11N3O3S/c8-5-7(10-6(11)9-5)2-1-3-14(12,13)4-7/h1-4H2,(H3,8,9,10,11). The van der Waals surface area contributed by atoms with Gasteiger partial charge in [-0.3, -0.25) is 0 Å². The summed E-state index contributed by atoms with van der Waals surface area (Å²) < 4.78 is 22.8. The number of carbonyl (C=O) groups excluding carboxylic acids is 1. The zero-order valence-corrected chi connectivity index (χ0v) is 8.30. The maximum atomic E-state index is 11.4. The molecule has 0 bridgehead atoms. The van der Waals surface area contributed by atoms with Gasteiger partial charge in [0, 0.05) is 0 Å². The van der Waals surface area contributed by atoms with E-state index in [1.165, 1.54) is 0 Å². The zero-order valence-electron chi connectivity index (χ0n) is 7.49. The number of sulfone groups is 1. The number of urea groups is 1. The highest BCUT2D eigenvalue weighted by molar-refractivity contribution is 7.91. The Bertz CT molecular complexity index is 414. The lowest BCUT2D eigenvalue weighted by Crippen LogP contribution is -2.58. The molecule has 0 aliphatic carbocycles. The lowest BCUT2D eigenvalue weighted by molar-refractivity contribution is 0.246. The van der Waals surface area contributed by atoms with Crippen LogP contribution < -0.4 is 11.1 Å². The average molecular weight is 217 g/mol. The highest BCUT2D eigenvalue weighted by Gasteiger charge is 2.46. The summed E-state index contributed by atoms with van der Waals surface area (Å²) in [6.07, 6.45) is 1.06. The number of aliphatic imine (C=N–C) groups is 1. The van der Waals surface area contributed by atoms with E-state index in [0.717, 1.165) is 0 Å². The minimum atomic E-state index is -3.11. The van der Waals surface area contributed by atoms with Crippen LogP contribution in [0, 0.1) is 0 Å². The summed E-state index contributed by atoms with van der Waals surface area (Å²) in [6, 6.07) is -0.542. The van der Waals surface area contributed by atoms with Gasteiger partial charge in [-0.1, -0.05) is 0 Å². The second kappa shape index (κ2) is 2.69. The van der Waals surface area contributed by atoms with Crippen LogP contribution in [0.5, 0.6) is 0 Å². The smallest absolute Gasteiger partial charge is 0.343 e. The number of amidine groups is 1. The quantitative estimate of drug-likeness (QED) is 0.544. The maximum absolute atomic E-state index is 11.4. The molecule has 1 atom stereocenters. The molecule has 1 spiro atoms. The average Bonchev–Trinajstić information content (AvgIpc) is 2.24. The molecule has 1 unspecified atom stereocenters. The molecule has 2 rings (SSSR count). The molecule has 2 aliphatic rings. The van der Waals surface area contributed by atoms with Crippen LogP contribution in [0.3, 0.4) is 0 Å². The van der Waals surface area contributed by atoms with Gasteiger partial charge in [0.25, 0.3) is 0 Å². The van der Waals surface area contributed by atoms with E-state index in [9.17, 15) is 13.2 Å². The first-order chi connectivity index (χ1) is 6.44. The Hall–Kier alpha value is -1.11. The van der Waals surface area contributed by atoms with Crippen LogP contribution in [-0.4, -0.2) is 37.3 Å². The summed E-state index contributed by atoms with van der Waals surface area (Å²) in [6.45, 7) is 0. The topological polar surface area (TPSA) is 102 Å². The van der Waals surface area contributed by atoms with E-state index in [2.05, 4.69) is 10.3 Å². The molecule has 78 valence electrons. The fourth-order valence-corrected chi connectivity index (χ4v) is 3.77. The van der Waals surface area contributed by atoms with Crippen molar-refractivity contribution in [3.05, 3.63) is 0 Å². The highest BCUT2D eigenvalue weighted by Crippen LogP contribution is 2.26. The van der Waals surface area contributed by atoms with E-state index >= 15 is 0 Å². The Balaban J connectivity index is 2.34. The van der Waals surface area contributed by atoms with Gasteiger partial charge in [0.05, 0.1) is 11.5 Å². The van der Waals surface area contributed by atoms with Crippen LogP contribution in [0.15, 0.2) is 4.99 Å². The number of amides is 2. The number of hydrogen-bond acceptors (Lipinski definition) is 4. The highest BCUT2D eigenvalue weighted by atomic mass is 32.2. The molecule has 1 saturated heterocycles. The molecule has 2 aliphatic heterocycles. The molecule has 3 N–H and O–H groups in total. The summed E-state index contributed by atoms with van der Waals surface area (Å²) in [4.78, 5) is 14.5. The van der Waals surface area contributed by atoms with Crippen molar-refractivity contribution in [3.63, 3.8) is 0 Å². The fraction of sp³-hybridized carbons (Fsp3) is 0.714. The van der Waals surface area contributed by atoms with Gasteiger partial charge in [-0.15, -0.1) is 0 Å². The largest absolute Gasteiger partial charge is 0.385 e. The van der Waals surface area contributed by atoms with Gasteiger partial charge in [-0.05, 0) is 12.8 Å². The van der Waals surface area contributed by atoms with E-state index < -0.39 is 21.4 Å². The Kier molecular flexibility index (Phi) is 1.82. The molecular formula is C7H11N3O3S. The predicted octanol–water partition coefficient (Wildman–Crippen LogP) is -0.986. The number of nitrogens with one attached hydrogen (secondary N) is 1. The van der Waals surface area contributed by atoms with E-state index in [0.29, 0.717) is 12.8 Å². The number of nitrogens with zero attached hydrogens (tertiary/aromatic N) is 1. The van der Waals surface area contributed by atoms with Gasteiger partial charge in [0.2, 0.25) is 0 Å². The zero-order chi connectivity index (χ0) is 10.4. The van der Waals surface area contributed by atoms with Crippen molar-refractivity contribution >= 4 is 21.7 Å². The van der Waals surface area contributed by atoms with Crippen molar-refractivity contribution in [2.75, 3.05) is 11.5 Å². The van der Waals surface area contributed by atoms with Gasteiger partial charge >= 0.3 is 6.03 Å². The molecule has 2 heterocycles. The predicted molar refractivity (Wildman–Crippen MR) is 50.8 cm³/mol. The molecule has 0 aromatic carbocycles. The fourth-order valence-electron chi connectivity index (χ4n) is 1.93. The Labute approximate surface area is 81.5 Å². The third-order valence-corrected chi connectivity index (χ3v) is 4.43. The first-order valence-corrected chi connectivity index (χ1v) is 6.13. The lowest BCUT2D eigenvalue weighted by Gasteiger charge is -2.32. The summed E-state index contributed by atoms with van der Waals surface area (Å²) in [5.74, 6) is 0.143. The first kappa shape index (κ1) is 9.45. The van der Waals surface area contributed by atoms with Crippen molar-refractivity contribution in [1.82, 2.24) is 5.32 Å². The Morgan fingerprint density at radius 3 is 2.71 bits per heavy atom. The van der Waals surface area contributed by atoms with Gasteiger partial charge in [0.15, 0.2) is 9.84 Å². The molecule has 6 nitrogen and oxygen atoms in total. The first-order valence-electron chi connectivity index (χ1n) is 4.31. The molecule has 0 aromatic heterocycles. The van der Waals surface area contributed by atoms with Crippen LogP contribution in [0.25, 0.3) is 0 Å². The molecule has 7 heteroatoms.